The molecule has 67 heavy (non-hydrogen) atoms. The summed E-state index contributed by atoms with van der Waals surface area (Å²) in [5.74, 6) is 0.398. The van der Waals surface area contributed by atoms with Gasteiger partial charge in [0.1, 0.15) is 31.0 Å². The van der Waals surface area contributed by atoms with Gasteiger partial charge in [0.05, 0.1) is 12.2 Å². The Morgan fingerprint density at radius 1 is 0.642 bits per heavy atom. The Balaban J connectivity index is 1.47. The molecule has 8 heteroatoms. The van der Waals surface area contributed by atoms with Crippen LogP contribution in [0.2, 0.25) is 0 Å². The first kappa shape index (κ1) is 57.7. The van der Waals surface area contributed by atoms with Crippen molar-refractivity contribution in [2.24, 2.45) is 16.7 Å². The van der Waals surface area contributed by atoms with Gasteiger partial charge in [0, 0.05) is 6.42 Å². The van der Waals surface area contributed by atoms with Crippen LogP contribution < -0.4 is 0 Å². The number of ether oxygens (including phenoxy) is 3. The molecule has 0 amide bonds. The van der Waals surface area contributed by atoms with Crippen LogP contribution in [0, 0.1) is 16.7 Å². The molecular weight excluding hydrogens is 837 g/mol. The van der Waals surface area contributed by atoms with Crippen LogP contribution in [0.5, 0.6) is 0 Å². The number of allylic oxidation sites excluding steroid dienone is 20. The summed E-state index contributed by atoms with van der Waals surface area (Å²) in [4.78, 5) is 12.5. The summed E-state index contributed by atoms with van der Waals surface area (Å²) < 4.78 is 17.7. The predicted octanol–water partition coefficient (Wildman–Crippen LogP) is 13.1. The lowest BCUT2D eigenvalue weighted by Gasteiger charge is -2.43. The van der Waals surface area contributed by atoms with Crippen LogP contribution in [0.3, 0.4) is 0 Å². The fraction of sp³-hybridized carbons (Fsp3) is 0.610. The summed E-state index contributed by atoms with van der Waals surface area (Å²) >= 11 is 0. The average molecular weight is 927 g/mol. The molecule has 7 atom stereocenters. The summed E-state index contributed by atoms with van der Waals surface area (Å²) in [7, 11) is 0. The van der Waals surface area contributed by atoms with E-state index < -0.39 is 30.7 Å². The molecule has 2 aliphatic carbocycles. The first-order valence-corrected chi connectivity index (χ1v) is 25.3. The smallest absolute Gasteiger partial charge is 0.305 e. The third-order valence-corrected chi connectivity index (χ3v) is 13.3. The number of rotatable bonds is 24. The topological polar surface area (TPSA) is 126 Å². The molecule has 0 aromatic carbocycles. The monoisotopic (exact) mass is 927 g/mol. The Morgan fingerprint density at radius 2 is 1.12 bits per heavy atom. The van der Waals surface area contributed by atoms with E-state index in [0.717, 1.165) is 54.7 Å². The van der Waals surface area contributed by atoms with Gasteiger partial charge in [0.25, 0.3) is 0 Å². The first-order chi connectivity index (χ1) is 31.6. The molecule has 1 aliphatic heterocycles. The van der Waals surface area contributed by atoms with Gasteiger partial charge in [-0.15, -0.1) is 0 Å². The highest BCUT2D eigenvalue weighted by Gasteiger charge is 2.46. The maximum Gasteiger partial charge on any atom is 0.305 e. The fourth-order valence-corrected chi connectivity index (χ4v) is 9.50. The minimum atomic E-state index is -1.50. The predicted molar refractivity (Wildman–Crippen MR) is 277 cm³/mol. The molecule has 0 spiro atoms. The lowest BCUT2D eigenvalue weighted by atomic mass is 9.71. The van der Waals surface area contributed by atoms with Crippen LogP contribution in [0.1, 0.15) is 167 Å². The number of carbonyl (C=O) groups is 1. The molecule has 3 rings (SSSR count). The largest absolute Gasteiger partial charge is 0.463 e. The molecule has 1 heterocycles. The Bertz CT molecular complexity index is 1920. The van der Waals surface area contributed by atoms with Gasteiger partial charge in [-0.3, -0.25) is 4.79 Å². The number of hydrogen-bond donors (Lipinski definition) is 4. The van der Waals surface area contributed by atoms with Gasteiger partial charge >= 0.3 is 5.97 Å². The summed E-state index contributed by atoms with van der Waals surface area (Å²) in [6.45, 7) is 25.7. The number of unbranched alkanes of at least 4 members (excludes halogenated alkanes) is 6. The number of aliphatic hydroxyl groups is 4. The third-order valence-electron chi connectivity index (χ3n) is 13.3. The molecule has 0 aromatic heterocycles. The second-order valence-electron chi connectivity index (χ2n) is 21.4. The van der Waals surface area contributed by atoms with Crippen molar-refractivity contribution >= 4 is 5.97 Å². The molecule has 7 unspecified atom stereocenters. The van der Waals surface area contributed by atoms with E-state index in [1.807, 2.05) is 0 Å². The van der Waals surface area contributed by atoms with E-state index in [-0.39, 0.29) is 35.6 Å². The Morgan fingerprint density at radius 3 is 1.64 bits per heavy atom. The molecule has 8 nitrogen and oxygen atoms in total. The highest BCUT2D eigenvalue weighted by atomic mass is 16.7. The summed E-state index contributed by atoms with van der Waals surface area (Å²) in [5.41, 5.74) is 9.32. The van der Waals surface area contributed by atoms with Crippen molar-refractivity contribution in [2.45, 2.75) is 209 Å². The van der Waals surface area contributed by atoms with E-state index in [1.54, 1.807) is 0 Å². The van der Waals surface area contributed by atoms with E-state index in [9.17, 15) is 25.2 Å². The van der Waals surface area contributed by atoms with Crippen LogP contribution in [-0.4, -0.2) is 75.9 Å². The van der Waals surface area contributed by atoms with Crippen molar-refractivity contribution in [2.75, 3.05) is 6.61 Å². The van der Waals surface area contributed by atoms with Gasteiger partial charge in [-0.1, -0.05) is 205 Å². The van der Waals surface area contributed by atoms with E-state index in [1.165, 1.54) is 60.0 Å². The van der Waals surface area contributed by atoms with Crippen LogP contribution >= 0.6 is 0 Å². The second kappa shape index (κ2) is 28.8. The lowest BCUT2D eigenvalue weighted by molar-refractivity contribution is -0.313. The molecular formula is C59H90O8. The van der Waals surface area contributed by atoms with Crippen molar-refractivity contribution < 1.29 is 39.4 Å². The zero-order chi connectivity index (χ0) is 49.7. The Kier molecular flexibility index (Phi) is 24.8. The molecule has 0 bridgehead atoms. The maximum absolute atomic E-state index is 12.5. The van der Waals surface area contributed by atoms with Crippen molar-refractivity contribution in [3.8, 4) is 0 Å². The Labute approximate surface area is 406 Å². The van der Waals surface area contributed by atoms with Crippen LogP contribution in [0.25, 0.3) is 0 Å². The SMILES string of the molecule is CC(C=CC=C(C)C=CC1=C(C)CC(O)CC1(C)C)=CC=CC=C(C)C=CC=C(C)C=CC1=C(C)CC(OC2OC(COC(=O)CCCCCCCCCC(C)C)C(O)C(O)C2O)CC1(C)C. The molecule has 1 fully saturated rings. The van der Waals surface area contributed by atoms with E-state index in [4.69, 9.17) is 14.2 Å². The van der Waals surface area contributed by atoms with Gasteiger partial charge in [-0.25, -0.2) is 0 Å². The standard InChI is InChI=1S/C59H90O8/c1-41(2)24-18-16-14-13-15-17-19-31-53(61)65-40-52-54(62)55(63)56(64)57(67-52)66-49-37-47(8)51(59(11,12)39-49)35-33-45(6)30-23-28-43(4)26-21-20-25-42(3)27-22-29-44(5)32-34-50-46(7)36-48(60)38-58(50,9)10/h20-23,25-30,32-35,41,48-49,52,54-57,60,62-64H,13-19,24,31,36-40H2,1-12H3. The summed E-state index contributed by atoms with van der Waals surface area (Å²) in [5, 5.41) is 42.4. The summed E-state index contributed by atoms with van der Waals surface area (Å²) in [6, 6.07) is 0. The van der Waals surface area contributed by atoms with Gasteiger partial charge < -0.3 is 34.6 Å². The van der Waals surface area contributed by atoms with Crippen molar-refractivity contribution in [1.29, 1.82) is 0 Å². The van der Waals surface area contributed by atoms with E-state index in [0.29, 0.717) is 19.3 Å². The van der Waals surface area contributed by atoms with Crippen molar-refractivity contribution in [1.82, 2.24) is 0 Å². The van der Waals surface area contributed by atoms with Gasteiger partial charge in [-0.05, 0) is 102 Å². The maximum atomic E-state index is 12.5. The minimum absolute atomic E-state index is 0.0227. The van der Waals surface area contributed by atoms with Gasteiger partial charge in [0.15, 0.2) is 6.29 Å². The normalized spacial score (nSPS) is 27.1. The number of esters is 1. The second-order valence-corrected chi connectivity index (χ2v) is 21.4. The lowest BCUT2D eigenvalue weighted by Crippen LogP contribution is -2.60. The molecule has 4 N–H and O–H groups in total. The van der Waals surface area contributed by atoms with E-state index >= 15 is 0 Å². The first-order valence-electron chi connectivity index (χ1n) is 25.3. The van der Waals surface area contributed by atoms with Crippen molar-refractivity contribution in [3.05, 3.63) is 130 Å². The van der Waals surface area contributed by atoms with Crippen molar-refractivity contribution in [3.63, 3.8) is 0 Å². The Hall–Kier alpha value is -3.63. The van der Waals surface area contributed by atoms with Crippen LogP contribution in [0.4, 0.5) is 0 Å². The number of carbonyl (C=O) groups excluding carboxylic acids is 1. The number of hydrogen-bond acceptors (Lipinski definition) is 8. The highest BCUT2D eigenvalue weighted by molar-refractivity contribution is 5.69. The molecule has 1 saturated heterocycles. The molecule has 3 aliphatic rings. The van der Waals surface area contributed by atoms with Gasteiger partial charge in [0.2, 0.25) is 0 Å². The molecule has 0 aromatic rings. The van der Waals surface area contributed by atoms with Gasteiger partial charge in [-0.2, -0.15) is 0 Å². The quantitative estimate of drug-likeness (QED) is 0.0428. The average Bonchev–Trinajstić information content (AvgIpc) is 3.23. The molecule has 0 saturated carbocycles. The summed E-state index contributed by atoms with van der Waals surface area (Å²) in [6.07, 6.45) is 34.6. The minimum Gasteiger partial charge on any atom is -0.463 e. The third kappa shape index (κ3) is 20.9. The zero-order valence-corrected chi connectivity index (χ0v) is 43.5. The fourth-order valence-electron chi connectivity index (χ4n) is 9.50. The van der Waals surface area contributed by atoms with E-state index in [2.05, 4.69) is 168 Å². The highest BCUT2D eigenvalue weighted by Crippen LogP contribution is 2.43. The molecule has 0 radical (unpaired) electrons. The van der Waals surface area contributed by atoms with Crippen LogP contribution in [-0.2, 0) is 19.0 Å². The van der Waals surface area contributed by atoms with Crippen LogP contribution in [0.15, 0.2) is 130 Å². The number of aliphatic hydroxyl groups excluding tert-OH is 4. The zero-order valence-electron chi connectivity index (χ0n) is 43.5. The molecule has 374 valence electrons.